The highest BCUT2D eigenvalue weighted by Crippen LogP contribution is 2.11. The lowest BCUT2D eigenvalue weighted by atomic mass is 10.2. The van der Waals surface area contributed by atoms with Crippen molar-refractivity contribution in [1.82, 2.24) is 0 Å². The maximum absolute atomic E-state index is 10.7. The normalized spacial score (nSPS) is 12.4. The smallest absolute Gasteiger partial charge is 0.359 e. The Hall–Kier alpha value is -0.780. The molecule has 0 unspecified atom stereocenters. The molecule has 0 radical (unpaired) electrons. The second-order valence-corrected chi connectivity index (χ2v) is 9.09. The molecule has 0 rings (SSSR count). The van der Waals surface area contributed by atoms with Crippen LogP contribution in [-0.4, -0.2) is 116 Å². The molecular formula is C16H38N2O7S+2. The number of aliphatic hydroxyl groups excluding tert-OH is 2. The van der Waals surface area contributed by atoms with Crippen molar-refractivity contribution in [1.29, 1.82) is 0 Å². The molecule has 0 aromatic rings. The van der Waals surface area contributed by atoms with E-state index < -0.39 is 16.1 Å². The van der Waals surface area contributed by atoms with Crippen molar-refractivity contribution in [2.24, 2.45) is 0 Å². The van der Waals surface area contributed by atoms with Crippen LogP contribution in [0.3, 0.4) is 0 Å². The Morgan fingerprint density at radius 1 is 0.923 bits per heavy atom. The third kappa shape index (κ3) is 18.0. The van der Waals surface area contributed by atoms with Crippen LogP contribution in [0.15, 0.2) is 0 Å². The molecule has 0 atom stereocenters. The summed E-state index contributed by atoms with van der Waals surface area (Å²) in [5, 5.41) is 26.5. The van der Waals surface area contributed by atoms with Gasteiger partial charge < -0.3 is 24.3 Å². The highest BCUT2D eigenvalue weighted by molar-refractivity contribution is 7.85. The minimum absolute atomic E-state index is 0.00951. The number of carboxylic acid groups (broad SMARTS) is 1. The molecule has 0 saturated heterocycles. The Morgan fingerprint density at radius 2 is 1.38 bits per heavy atom. The Morgan fingerprint density at radius 3 is 1.65 bits per heavy atom. The summed E-state index contributed by atoms with van der Waals surface area (Å²) < 4.78 is 31.1. The molecule has 4 N–H and O–H groups in total. The second kappa shape index (κ2) is 13.4. The van der Waals surface area contributed by atoms with Crippen molar-refractivity contribution in [3.05, 3.63) is 0 Å². The van der Waals surface area contributed by atoms with Crippen molar-refractivity contribution in [3.63, 3.8) is 0 Å². The van der Waals surface area contributed by atoms with Crippen LogP contribution in [0.25, 0.3) is 0 Å². The number of aliphatic carboxylic acids is 1. The van der Waals surface area contributed by atoms with Gasteiger partial charge in [-0.2, -0.15) is 8.42 Å². The van der Waals surface area contributed by atoms with E-state index in [9.17, 15) is 13.2 Å². The molecule has 0 amide bonds. The van der Waals surface area contributed by atoms with Crippen molar-refractivity contribution < 1.29 is 42.1 Å². The van der Waals surface area contributed by atoms with Gasteiger partial charge >= 0.3 is 5.97 Å². The molecule has 0 aliphatic carbocycles. The number of aliphatic hydroxyl groups is 2. The lowest BCUT2D eigenvalue weighted by Crippen LogP contribution is -2.53. The van der Waals surface area contributed by atoms with Gasteiger partial charge in [0.1, 0.15) is 13.1 Å². The maximum Gasteiger partial charge on any atom is 0.359 e. The molecule has 9 nitrogen and oxygen atoms in total. The Balaban J connectivity index is 0. The number of quaternary nitrogens is 2. The molecule has 0 aliphatic heterocycles. The molecular weight excluding hydrogens is 364 g/mol. The van der Waals surface area contributed by atoms with E-state index in [0.29, 0.717) is 35.0 Å². The number of carbonyl (C=O) groups is 1. The van der Waals surface area contributed by atoms with Crippen molar-refractivity contribution in [2.45, 2.75) is 26.2 Å². The third-order valence-electron chi connectivity index (χ3n) is 3.78. The second-order valence-electron chi connectivity index (χ2n) is 7.52. The summed E-state index contributed by atoms with van der Waals surface area (Å²) in [6.45, 7) is 4.62. The van der Waals surface area contributed by atoms with Gasteiger partial charge in [-0.05, 0) is 6.42 Å². The lowest BCUT2D eigenvalue weighted by molar-refractivity contribution is -0.928. The minimum atomic E-state index is -3.93. The van der Waals surface area contributed by atoms with E-state index in [1.807, 2.05) is 21.1 Å². The standard InChI is InChI=1S/C11H25NO5S.C5H11NO2/c1-2-3-5-12(7-9-13,8-10-14)6-4-11-18(15,16)17;1-6(2,3)4-5(7)8/h13-14H,2-11H2,1H3;4H2,1-3H3/p+2. The van der Waals surface area contributed by atoms with Crippen LogP contribution in [0.4, 0.5) is 0 Å². The van der Waals surface area contributed by atoms with E-state index in [0.717, 1.165) is 19.4 Å². The summed E-state index contributed by atoms with van der Waals surface area (Å²) >= 11 is 0. The first kappa shape index (κ1) is 27.4. The van der Waals surface area contributed by atoms with Crippen molar-refractivity contribution in [2.75, 3.05) is 72.8 Å². The van der Waals surface area contributed by atoms with Gasteiger partial charge in [-0.3, -0.25) is 4.55 Å². The molecule has 0 aromatic carbocycles. The van der Waals surface area contributed by atoms with Crippen LogP contribution in [0.1, 0.15) is 26.2 Å². The molecule has 10 heteroatoms. The number of nitrogens with zero attached hydrogens (tertiary/aromatic N) is 2. The predicted octanol–water partition coefficient (Wildman–Crippen LogP) is -0.357. The van der Waals surface area contributed by atoms with Gasteiger partial charge in [0.15, 0.2) is 6.54 Å². The predicted molar refractivity (Wildman–Crippen MR) is 100 cm³/mol. The third-order valence-corrected chi connectivity index (χ3v) is 4.58. The Bertz CT molecular complexity index is 469. The van der Waals surface area contributed by atoms with Crippen molar-refractivity contribution >= 4 is 16.1 Å². The zero-order valence-corrected chi connectivity index (χ0v) is 17.4. The number of carboxylic acids is 1. The van der Waals surface area contributed by atoms with Crippen LogP contribution >= 0.6 is 0 Å². The van der Waals surface area contributed by atoms with E-state index in [2.05, 4.69) is 6.92 Å². The fraction of sp³-hybridized carbons (Fsp3) is 0.938. The molecule has 158 valence electrons. The van der Waals surface area contributed by atoms with E-state index in [-0.39, 0.29) is 25.5 Å². The topological polar surface area (TPSA) is 132 Å². The number of likely N-dealkylation sites (N-methyl/N-ethyl adjacent to an activating group) is 1. The molecule has 0 heterocycles. The lowest BCUT2D eigenvalue weighted by Gasteiger charge is -2.38. The van der Waals surface area contributed by atoms with Gasteiger partial charge in [0.25, 0.3) is 10.1 Å². The first-order valence-corrected chi connectivity index (χ1v) is 10.5. The van der Waals surface area contributed by atoms with Gasteiger partial charge in [0.05, 0.1) is 53.2 Å². The van der Waals surface area contributed by atoms with E-state index >= 15 is 0 Å². The summed E-state index contributed by atoms with van der Waals surface area (Å²) in [6.07, 6.45) is 2.31. The molecule has 0 fully saturated rings. The minimum Gasteiger partial charge on any atom is -0.477 e. The highest BCUT2D eigenvalue weighted by atomic mass is 32.2. The highest BCUT2D eigenvalue weighted by Gasteiger charge is 2.26. The zero-order valence-electron chi connectivity index (χ0n) is 16.6. The fourth-order valence-electron chi connectivity index (χ4n) is 2.58. The maximum atomic E-state index is 10.7. The summed E-state index contributed by atoms with van der Waals surface area (Å²) in [4.78, 5) is 10.00. The van der Waals surface area contributed by atoms with E-state index in [1.54, 1.807) is 0 Å². The number of hydrogen-bond donors (Lipinski definition) is 4. The first-order chi connectivity index (χ1) is 11.8. The average molecular weight is 403 g/mol. The monoisotopic (exact) mass is 402 g/mol. The molecule has 26 heavy (non-hydrogen) atoms. The fourth-order valence-corrected chi connectivity index (χ4v) is 3.07. The average Bonchev–Trinajstić information content (AvgIpc) is 2.42. The van der Waals surface area contributed by atoms with Gasteiger partial charge in [-0.25, -0.2) is 4.79 Å². The summed E-state index contributed by atoms with van der Waals surface area (Å²) in [7, 11) is 1.59. The summed E-state index contributed by atoms with van der Waals surface area (Å²) in [6, 6.07) is 0. The summed E-state index contributed by atoms with van der Waals surface area (Å²) in [5.74, 6) is -1.02. The molecule has 0 spiro atoms. The Labute approximate surface area is 157 Å². The molecule has 0 saturated carbocycles. The van der Waals surface area contributed by atoms with Gasteiger partial charge in [-0.15, -0.1) is 0 Å². The van der Waals surface area contributed by atoms with Crippen LogP contribution in [0.2, 0.25) is 0 Å². The number of unbranched alkanes of at least 4 members (excludes halogenated alkanes) is 1. The quantitative estimate of drug-likeness (QED) is 0.244. The van der Waals surface area contributed by atoms with Crippen LogP contribution in [0.5, 0.6) is 0 Å². The number of hydrogen-bond acceptors (Lipinski definition) is 5. The van der Waals surface area contributed by atoms with Gasteiger partial charge in [0.2, 0.25) is 0 Å². The van der Waals surface area contributed by atoms with Gasteiger partial charge in [0, 0.05) is 6.42 Å². The van der Waals surface area contributed by atoms with Crippen LogP contribution < -0.4 is 0 Å². The number of rotatable bonds is 13. The molecule has 0 bridgehead atoms. The molecule has 0 aliphatic rings. The van der Waals surface area contributed by atoms with Crippen LogP contribution in [0, 0.1) is 0 Å². The van der Waals surface area contributed by atoms with E-state index in [4.69, 9.17) is 19.9 Å². The molecule has 0 aromatic heterocycles. The largest absolute Gasteiger partial charge is 0.477 e. The van der Waals surface area contributed by atoms with E-state index in [1.165, 1.54) is 0 Å². The van der Waals surface area contributed by atoms with Crippen LogP contribution in [-0.2, 0) is 14.9 Å². The van der Waals surface area contributed by atoms with Gasteiger partial charge in [-0.1, -0.05) is 13.3 Å². The SMILES string of the molecule is CCCC[N+](CCO)(CCO)CCCS(=O)(=O)O.C[N+](C)(C)CC(=O)O. The Kier molecular flexibility index (Phi) is 14.1. The van der Waals surface area contributed by atoms with Crippen molar-refractivity contribution in [3.8, 4) is 0 Å². The zero-order chi connectivity index (χ0) is 20.9. The summed E-state index contributed by atoms with van der Waals surface area (Å²) in [5.41, 5.74) is 0. The first-order valence-electron chi connectivity index (χ1n) is 8.85.